The maximum atomic E-state index is 14.1. The highest BCUT2D eigenvalue weighted by atomic mass is 16.3. The van der Waals surface area contributed by atoms with Crippen LogP contribution in [0.5, 0.6) is 0 Å². The second-order valence-corrected chi connectivity index (χ2v) is 14.1. The van der Waals surface area contributed by atoms with Crippen LogP contribution in [0.25, 0.3) is 0 Å². The Hall–Kier alpha value is -1.87. The van der Waals surface area contributed by atoms with E-state index in [1.54, 1.807) is 0 Å². The van der Waals surface area contributed by atoms with Crippen molar-refractivity contribution in [3.8, 4) is 0 Å². The van der Waals surface area contributed by atoms with Crippen molar-refractivity contribution >= 4 is 17.3 Å². The summed E-state index contributed by atoms with van der Waals surface area (Å²) < 4.78 is 0. The van der Waals surface area contributed by atoms with Gasteiger partial charge in [0.15, 0.2) is 11.6 Å². The van der Waals surface area contributed by atoms with Gasteiger partial charge in [-0.25, -0.2) is 0 Å². The minimum absolute atomic E-state index is 0.0185. The summed E-state index contributed by atoms with van der Waals surface area (Å²) >= 11 is 0. The molecule has 0 heterocycles. The fraction of sp³-hybridized carbons (Fsp3) is 0.759. The second kappa shape index (κ2) is 7.40. The zero-order valence-corrected chi connectivity index (χ0v) is 22.5. The molecule has 8 heteroatoms. The van der Waals surface area contributed by atoms with Crippen LogP contribution in [0.2, 0.25) is 0 Å². The number of hydrogen-bond donors (Lipinski definition) is 5. The fourth-order valence-corrected chi connectivity index (χ4v) is 9.45. The molecule has 5 aliphatic carbocycles. The first-order valence-corrected chi connectivity index (χ1v) is 13.3. The second-order valence-electron chi connectivity index (χ2n) is 14.1. The summed E-state index contributed by atoms with van der Waals surface area (Å²) in [6.45, 7) is 10.3. The highest BCUT2D eigenvalue weighted by molar-refractivity contribution is 6.00. The van der Waals surface area contributed by atoms with Crippen molar-refractivity contribution in [3.05, 3.63) is 23.5 Å². The molecule has 0 bridgehead atoms. The van der Waals surface area contributed by atoms with Crippen molar-refractivity contribution in [2.45, 2.75) is 97.1 Å². The van der Waals surface area contributed by atoms with Crippen LogP contribution < -0.4 is 0 Å². The molecule has 0 amide bonds. The topological polar surface area (TPSA) is 152 Å². The average Bonchev–Trinajstić information content (AvgIpc) is 2.94. The summed E-state index contributed by atoms with van der Waals surface area (Å²) in [4.78, 5) is 40.1. The van der Waals surface area contributed by atoms with Gasteiger partial charge in [0, 0.05) is 35.7 Å². The molecule has 5 N–H and O–H groups in total. The number of ketones is 3. The zero-order valence-electron chi connectivity index (χ0n) is 22.5. The molecule has 0 saturated heterocycles. The number of hydrogen-bond acceptors (Lipinski definition) is 8. The molecule has 4 saturated carbocycles. The lowest BCUT2D eigenvalue weighted by atomic mass is 9.33. The lowest BCUT2D eigenvalue weighted by molar-refractivity contribution is -0.249. The highest BCUT2D eigenvalue weighted by Gasteiger charge is 2.82. The summed E-state index contributed by atoms with van der Waals surface area (Å²) in [5.41, 5.74) is -5.71. The average molecular weight is 517 g/mol. The number of aliphatic hydroxyl groups excluding tert-OH is 3. The lowest BCUT2D eigenvalue weighted by Gasteiger charge is -2.70. The maximum Gasteiger partial charge on any atom is 0.191 e. The van der Waals surface area contributed by atoms with Crippen molar-refractivity contribution in [1.82, 2.24) is 0 Å². The molecule has 9 atom stereocenters. The van der Waals surface area contributed by atoms with Crippen LogP contribution in [0.1, 0.15) is 73.6 Å². The van der Waals surface area contributed by atoms with Crippen LogP contribution in [0.3, 0.4) is 0 Å². The Morgan fingerprint density at radius 3 is 2.35 bits per heavy atom. The van der Waals surface area contributed by atoms with E-state index in [1.165, 1.54) is 13.8 Å². The first-order valence-electron chi connectivity index (χ1n) is 13.3. The predicted octanol–water partition coefficient (Wildman–Crippen LogP) is 2.18. The molecular weight excluding hydrogens is 476 g/mol. The minimum Gasteiger partial charge on any atom is -0.509 e. The van der Waals surface area contributed by atoms with Gasteiger partial charge >= 0.3 is 0 Å². The molecule has 37 heavy (non-hydrogen) atoms. The van der Waals surface area contributed by atoms with Gasteiger partial charge in [-0.15, -0.1) is 0 Å². The molecular formula is C29H40O8. The molecule has 1 spiro atoms. The van der Waals surface area contributed by atoms with Gasteiger partial charge in [-0.1, -0.05) is 39.3 Å². The number of rotatable bonds is 3. The molecule has 0 aliphatic heterocycles. The molecule has 8 nitrogen and oxygen atoms in total. The Morgan fingerprint density at radius 2 is 1.76 bits per heavy atom. The molecule has 5 rings (SSSR count). The third kappa shape index (κ3) is 3.01. The fourth-order valence-electron chi connectivity index (χ4n) is 9.45. The third-order valence-corrected chi connectivity index (χ3v) is 11.6. The molecule has 4 fully saturated rings. The molecule has 0 aromatic carbocycles. The van der Waals surface area contributed by atoms with Gasteiger partial charge in [-0.3, -0.25) is 14.4 Å². The number of fused-ring (bicyclic) bond motifs is 4. The van der Waals surface area contributed by atoms with E-state index in [2.05, 4.69) is 6.08 Å². The number of allylic oxidation sites excluding steroid dienone is 1. The maximum absolute atomic E-state index is 14.1. The van der Waals surface area contributed by atoms with E-state index in [4.69, 9.17) is 0 Å². The van der Waals surface area contributed by atoms with Gasteiger partial charge in [0.25, 0.3) is 0 Å². The van der Waals surface area contributed by atoms with Gasteiger partial charge in [0.1, 0.15) is 28.8 Å². The van der Waals surface area contributed by atoms with E-state index in [9.17, 15) is 39.9 Å². The molecule has 0 aromatic heterocycles. The van der Waals surface area contributed by atoms with Crippen molar-refractivity contribution in [2.75, 3.05) is 0 Å². The van der Waals surface area contributed by atoms with Crippen molar-refractivity contribution < 1.29 is 39.9 Å². The number of carbonyl (C=O) groups is 3. The largest absolute Gasteiger partial charge is 0.509 e. The summed E-state index contributed by atoms with van der Waals surface area (Å²) in [7, 11) is 0. The first-order chi connectivity index (χ1) is 16.8. The van der Waals surface area contributed by atoms with Crippen molar-refractivity contribution in [2.24, 2.45) is 39.4 Å². The molecule has 0 aromatic rings. The summed E-state index contributed by atoms with van der Waals surface area (Å²) in [6, 6.07) is 0. The van der Waals surface area contributed by atoms with E-state index >= 15 is 0 Å². The number of carbonyl (C=O) groups excluding carboxylic acids is 3. The van der Waals surface area contributed by atoms with E-state index < -0.39 is 62.5 Å². The van der Waals surface area contributed by atoms with E-state index in [0.29, 0.717) is 12.8 Å². The normalized spacial score (nSPS) is 48.8. The Bertz CT molecular complexity index is 1160. The first kappa shape index (κ1) is 26.7. The molecule has 204 valence electrons. The van der Waals surface area contributed by atoms with Gasteiger partial charge in [-0.2, -0.15) is 0 Å². The third-order valence-electron chi connectivity index (χ3n) is 11.6. The van der Waals surface area contributed by atoms with Gasteiger partial charge in [0.2, 0.25) is 0 Å². The molecule has 0 radical (unpaired) electrons. The van der Waals surface area contributed by atoms with Crippen LogP contribution in [-0.4, -0.2) is 66.3 Å². The number of aliphatic hydroxyl groups is 5. The molecule has 5 aliphatic rings. The monoisotopic (exact) mass is 516 g/mol. The zero-order chi connectivity index (χ0) is 27.7. The standard InChI is InChI=1S/C29H40O8/c1-24(2)14-7-8-18-26(5)11-17(31)22-28(26,13-29(22,37)20(33)10-19(32)25(3,4)36)12-21(34)27(18,6)15(14)9-16(30)23(24)35/h7,10,15,17-18,22-23,31-32,35-37H,8-9,11-13H2,1-6H3/t15-,17-,18+,22+,23+,26+,27+,28+,29+/m1/s1. The van der Waals surface area contributed by atoms with Gasteiger partial charge < -0.3 is 25.5 Å². The van der Waals surface area contributed by atoms with Crippen LogP contribution in [0.4, 0.5) is 0 Å². The van der Waals surface area contributed by atoms with Crippen LogP contribution in [0, 0.1) is 39.4 Å². The van der Waals surface area contributed by atoms with Gasteiger partial charge in [0.05, 0.1) is 6.10 Å². The quantitative estimate of drug-likeness (QED) is 0.217. The van der Waals surface area contributed by atoms with Crippen LogP contribution >= 0.6 is 0 Å². The summed E-state index contributed by atoms with van der Waals surface area (Å²) in [6.07, 6.45) is 1.76. The summed E-state index contributed by atoms with van der Waals surface area (Å²) in [5, 5.41) is 53.6. The van der Waals surface area contributed by atoms with Crippen molar-refractivity contribution in [1.29, 1.82) is 0 Å². The lowest BCUT2D eigenvalue weighted by Crippen LogP contribution is -2.74. The predicted molar refractivity (Wildman–Crippen MR) is 133 cm³/mol. The van der Waals surface area contributed by atoms with Crippen LogP contribution in [-0.2, 0) is 14.4 Å². The van der Waals surface area contributed by atoms with Gasteiger partial charge in [-0.05, 0) is 55.8 Å². The van der Waals surface area contributed by atoms with E-state index in [1.807, 2.05) is 27.7 Å². The van der Waals surface area contributed by atoms with E-state index in [-0.39, 0.29) is 42.7 Å². The summed E-state index contributed by atoms with van der Waals surface area (Å²) in [5.74, 6) is -3.10. The Kier molecular flexibility index (Phi) is 5.35. The Balaban J connectivity index is 1.56. The SMILES string of the molecule is CC(C)(O)C(O)=CC(=O)[C@@]1(O)C[C@]23CC(=O)[C@@]4(C)[C@@H]5CC(=O)[C@H](O)C(C)(C)C5=CC[C@H]4[C@]2(C)C[C@@H](O)[C@@H]31. The Labute approximate surface area is 217 Å². The van der Waals surface area contributed by atoms with Crippen LogP contribution in [0.15, 0.2) is 23.5 Å². The molecule has 0 unspecified atom stereocenters. The van der Waals surface area contributed by atoms with Crippen molar-refractivity contribution in [3.63, 3.8) is 0 Å². The Morgan fingerprint density at radius 1 is 1.14 bits per heavy atom. The van der Waals surface area contributed by atoms with E-state index in [0.717, 1.165) is 11.6 Å². The smallest absolute Gasteiger partial charge is 0.191 e. The minimum atomic E-state index is -1.95. The number of Topliss-reactive ketones (excluding diaryl/α,β-unsaturated/α-hetero) is 2. The highest BCUT2D eigenvalue weighted by Crippen LogP contribution is 2.80.